The molecule has 1 atom stereocenters. The second kappa shape index (κ2) is 3.97. The molecule has 0 saturated carbocycles. The van der Waals surface area contributed by atoms with Crippen LogP contribution in [0.3, 0.4) is 0 Å². The van der Waals surface area contributed by atoms with Gasteiger partial charge in [0.15, 0.2) is 0 Å². The molecular formula is C9H8FNO3. The van der Waals surface area contributed by atoms with E-state index in [4.69, 9.17) is 0 Å². The van der Waals surface area contributed by atoms with Crippen LogP contribution in [0.4, 0.5) is 10.1 Å². The van der Waals surface area contributed by atoms with Gasteiger partial charge in [0.25, 0.3) is 5.69 Å². The normalized spacial score (nSPS) is 12.1. The maximum atomic E-state index is 13.0. The van der Waals surface area contributed by atoms with Crippen molar-refractivity contribution in [1.82, 2.24) is 0 Å². The van der Waals surface area contributed by atoms with Gasteiger partial charge in [-0.05, 0) is 6.07 Å². The quantitative estimate of drug-likeness (QED) is 0.457. The molecule has 1 aromatic carbocycles. The molecule has 0 aliphatic rings. The van der Waals surface area contributed by atoms with Crippen molar-refractivity contribution < 1.29 is 14.4 Å². The van der Waals surface area contributed by atoms with Crippen LogP contribution in [0.1, 0.15) is 11.7 Å². The van der Waals surface area contributed by atoms with Crippen molar-refractivity contribution in [2.24, 2.45) is 0 Å². The van der Waals surface area contributed by atoms with Gasteiger partial charge in [-0.15, -0.1) is 6.58 Å². The summed E-state index contributed by atoms with van der Waals surface area (Å²) in [6.07, 6.45) is -0.128. The number of benzene rings is 1. The van der Waals surface area contributed by atoms with Gasteiger partial charge in [-0.3, -0.25) is 10.1 Å². The van der Waals surface area contributed by atoms with Gasteiger partial charge < -0.3 is 5.11 Å². The molecule has 4 nitrogen and oxygen atoms in total. The highest BCUT2D eigenvalue weighted by Gasteiger charge is 2.14. The molecule has 0 aromatic heterocycles. The minimum Gasteiger partial charge on any atom is -0.384 e. The van der Waals surface area contributed by atoms with Gasteiger partial charge in [0.2, 0.25) is 0 Å². The third kappa shape index (κ3) is 1.94. The molecule has 1 unspecified atom stereocenters. The Morgan fingerprint density at radius 3 is 2.79 bits per heavy atom. The van der Waals surface area contributed by atoms with Gasteiger partial charge >= 0.3 is 0 Å². The molecule has 0 aliphatic heterocycles. The zero-order chi connectivity index (χ0) is 10.7. The van der Waals surface area contributed by atoms with Crippen molar-refractivity contribution in [2.75, 3.05) is 0 Å². The molecule has 0 fully saturated rings. The average Bonchev–Trinajstić information content (AvgIpc) is 2.17. The highest BCUT2D eigenvalue weighted by Crippen LogP contribution is 2.22. The van der Waals surface area contributed by atoms with Crippen LogP contribution in [-0.2, 0) is 0 Å². The highest BCUT2D eigenvalue weighted by molar-refractivity contribution is 5.37. The van der Waals surface area contributed by atoms with Gasteiger partial charge in [-0.1, -0.05) is 6.08 Å². The van der Waals surface area contributed by atoms with Crippen molar-refractivity contribution in [2.45, 2.75) is 6.10 Å². The number of aliphatic hydroxyl groups is 1. The predicted octanol–water partition coefficient (Wildman–Crippen LogP) is 1.95. The van der Waals surface area contributed by atoms with Gasteiger partial charge in [-0.25, -0.2) is 4.39 Å². The first-order chi connectivity index (χ1) is 6.56. The Kier molecular flexibility index (Phi) is 2.93. The lowest BCUT2D eigenvalue weighted by Gasteiger charge is -2.05. The number of nitro groups is 1. The Morgan fingerprint density at radius 1 is 1.64 bits per heavy atom. The fourth-order valence-corrected chi connectivity index (χ4v) is 0.998. The lowest BCUT2D eigenvalue weighted by molar-refractivity contribution is -0.385. The minimum absolute atomic E-state index is 0.144. The zero-order valence-electron chi connectivity index (χ0n) is 7.18. The molecule has 5 heteroatoms. The van der Waals surface area contributed by atoms with E-state index in [0.29, 0.717) is 0 Å². The Balaban J connectivity index is 3.20. The fraction of sp³-hybridized carbons (Fsp3) is 0.111. The molecule has 0 bridgehead atoms. The van der Waals surface area contributed by atoms with E-state index in [0.717, 1.165) is 24.3 Å². The largest absolute Gasteiger partial charge is 0.384 e. The molecule has 0 amide bonds. The van der Waals surface area contributed by atoms with Crippen LogP contribution in [0.2, 0.25) is 0 Å². The first kappa shape index (κ1) is 10.3. The number of hydrogen-bond donors (Lipinski definition) is 1. The van der Waals surface area contributed by atoms with E-state index in [1.165, 1.54) is 0 Å². The molecule has 1 aromatic rings. The second-order valence-corrected chi connectivity index (χ2v) is 2.64. The topological polar surface area (TPSA) is 63.4 Å². The van der Waals surface area contributed by atoms with E-state index >= 15 is 0 Å². The van der Waals surface area contributed by atoms with Crippen LogP contribution in [0.25, 0.3) is 0 Å². The summed E-state index contributed by atoms with van der Waals surface area (Å²) in [5, 5.41) is 19.6. The van der Waals surface area contributed by atoms with Crippen LogP contribution in [0.15, 0.2) is 30.9 Å². The molecule has 14 heavy (non-hydrogen) atoms. The van der Waals surface area contributed by atoms with Crippen LogP contribution >= 0.6 is 0 Å². The molecule has 0 heterocycles. The summed E-state index contributed by atoms with van der Waals surface area (Å²) in [5.74, 6) is -0.692. The summed E-state index contributed by atoms with van der Waals surface area (Å²) in [6.45, 7) is 3.27. The van der Waals surface area contributed by atoms with Crippen LogP contribution < -0.4 is 0 Å². The van der Waals surface area contributed by atoms with Crippen LogP contribution in [0, 0.1) is 15.9 Å². The minimum atomic E-state index is -1.23. The third-order valence-electron chi connectivity index (χ3n) is 1.73. The molecular weight excluding hydrogens is 189 g/mol. The Morgan fingerprint density at radius 2 is 2.29 bits per heavy atom. The summed E-state index contributed by atoms with van der Waals surface area (Å²) >= 11 is 0. The molecule has 1 N–H and O–H groups in total. The standard InChI is InChI=1S/C9H8FNO3/c1-2-9(12)7-5-6(11(13)14)3-4-8(7)10/h2-5,9,12H,1H2. The van der Waals surface area contributed by atoms with Crippen LogP contribution in [0.5, 0.6) is 0 Å². The van der Waals surface area contributed by atoms with Crippen molar-refractivity contribution in [3.8, 4) is 0 Å². The summed E-state index contributed by atoms with van der Waals surface area (Å²) in [6, 6.07) is 2.97. The molecule has 74 valence electrons. The van der Waals surface area contributed by atoms with E-state index in [1.54, 1.807) is 0 Å². The summed E-state index contributed by atoms with van der Waals surface area (Å²) in [7, 11) is 0. The van der Waals surface area contributed by atoms with E-state index in [-0.39, 0.29) is 11.3 Å². The maximum Gasteiger partial charge on any atom is 0.270 e. The van der Waals surface area contributed by atoms with Gasteiger partial charge in [0.1, 0.15) is 5.82 Å². The number of nitro benzene ring substituents is 1. The molecule has 0 spiro atoms. The third-order valence-corrected chi connectivity index (χ3v) is 1.73. The fourth-order valence-electron chi connectivity index (χ4n) is 0.998. The molecule has 1 rings (SSSR count). The first-order valence-electron chi connectivity index (χ1n) is 3.80. The SMILES string of the molecule is C=CC(O)c1cc([N+](=O)[O-])ccc1F. The lowest BCUT2D eigenvalue weighted by Crippen LogP contribution is -1.98. The Labute approximate surface area is 79.4 Å². The van der Waals surface area contributed by atoms with Gasteiger partial charge in [-0.2, -0.15) is 0 Å². The molecule has 0 radical (unpaired) electrons. The molecule has 0 aliphatic carbocycles. The number of aliphatic hydroxyl groups excluding tert-OH is 1. The van der Waals surface area contributed by atoms with Crippen molar-refractivity contribution in [3.63, 3.8) is 0 Å². The van der Waals surface area contributed by atoms with Gasteiger partial charge in [0, 0.05) is 17.7 Å². The van der Waals surface area contributed by atoms with E-state index in [9.17, 15) is 19.6 Å². The monoisotopic (exact) mass is 197 g/mol. The van der Waals surface area contributed by atoms with Crippen molar-refractivity contribution >= 4 is 5.69 Å². The smallest absolute Gasteiger partial charge is 0.270 e. The van der Waals surface area contributed by atoms with Crippen LogP contribution in [-0.4, -0.2) is 10.0 Å². The number of halogens is 1. The summed E-state index contributed by atoms with van der Waals surface area (Å²) in [4.78, 5) is 9.70. The highest BCUT2D eigenvalue weighted by atomic mass is 19.1. The first-order valence-corrected chi connectivity index (χ1v) is 3.80. The molecule has 0 saturated heterocycles. The number of hydrogen-bond acceptors (Lipinski definition) is 3. The van der Waals surface area contributed by atoms with E-state index < -0.39 is 16.8 Å². The summed E-state index contributed by atoms with van der Waals surface area (Å²) in [5.41, 5.74) is -0.406. The second-order valence-electron chi connectivity index (χ2n) is 2.64. The zero-order valence-corrected chi connectivity index (χ0v) is 7.18. The number of non-ortho nitro benzene ring substituents is 1. The lowest BCUT2D eigenvalue weighted by atomic mass is 10.1. The summed E-state index contributed by atoms with van der Waals surface area (Å²) < 4.78 is 13.0. The van der Waals surface area contributed by atoms with Crippen molar-refractivity contribution in [1.29, 1.82) is 0 Å². The Bertz CT molecular complexity index is 378. The maximum absolute atomic E-state index is 13.0. The Hall–Kier alpha value is -1.75. The van der Waals surface area contributed by atoms with E-state index in [1.807, 2.05) is 0 Å². The predicted molar refractivity (Wildman–Crippen MR) is 48.2 cm³/mol. The van der Waals surface area contributed by atoms with Crippen molar-refractivity contribution in [3.05, 3.63) is 52.3 Å². The van der Waals surface area contributed by atoms with Gasteiger partial charge in [0.05, 0.1) is 11.0 Å². The van der Waals surface area contributed by atoms with E-state index in [2.05, 4.69) is 6.58 Å². The number of rotatable bonds is 3. The average molecular weight is 197 g/mol. The number of nitrogens with zero attached hydrogens (tertiary/aromatic N) is 1.